The molecule has 5 amide bonds. The number of thioether (sulfide) groups is 1. The number of nitrogens with two attached hydrogens (primary N) is 3. The van der Waals surface area contributed by atoms with Crippen LogP contribution in [0.1, 0.15) is 37.7 Å². The third-order valence-electron chi connectivity index (χ3n) is 5.59. The van der Waals surface area contributed by atoms with Gasteiger partial charge in [0.1, 0.15) is 23.9 Å². The number of carbonyl (C=O) groups excluding carboxylic acids is 5. The summed E-state index contributed by atoms with van der Waals surface area (Å²) in [5, 5.41) is 26.2. The fourth-order valence-electron chi connectivity index (χ4n) is 3.38. The molecule has 0 saturated heterocycles. The van der Waals surface area contributed by atoms with Crippen molar-refractivity contribution in [1.29, 1.82) is 0 Å². The van der Waals surface area contributed by atoms with Gasteiger partial charge in [0.05, 0.1) is 6.04 Å². The Labute approximate surface area is 229 Å². The second-order valence-electron chi connectivity index (χ2n) is 8.79. The first-order valence-electron chi connectivity index (χ1n) is 12.1. The molecular formula is C24H36N6O8S. The molecule has 39 heavy (non-hydrogen) atoms. The van der Waals surface area contributed by atoms with E-state index >= 15 is 0 Å². The second kappa shape index (κ2) is 16.9. The van der Waals surface area contributed by atoms with Gasteiger partial charge >= 0.3 is 5.97 Å². The maximum atomic E-state index is 13.1. The minimum absolute atomic E-state index is 0.0212. The summed E-state index contributed by atoms with van der Waals surface area (Å²) < 4.78 is 0. The quantitative estimate of drug-likeness (QED) is 0.0974. The molecule has 0 saturated carbocycles. The fraction of sp³-hybridized carbons (Fsp3) is 0.500. The first-order valence-corrected chi connectivity index (χ1v) is 13.5. The molecule has 4 atom stereocenters. The van der Waals surface area contributed by atoms with Crippen molar-refractivity contribution in [3.05, 3.63) is 29.8 Å². The normalized spacial score (nSPS) is 13.8. The van der Waals surface area contributed by atoms with E-state index in [0.717, 1.165) is 0 Å². The number of phenolic OH excluding ortho intramolecular Hbond substituents is 1. The number of carboxylic acid groups (broad SMARTS) is 1. The number of hydrogen-bond acceptors (Lipinski definition) is 9. The fourth-order valence-corrected chi connectivity index (χ4v) is 3.87. The molecule has 0 bridgehead atoms. The zero-order valence-corrected chi connectivity index (χ0v) is 22.4. The highest BCUT2D eigenvalue weighted by Gasteiger charge is 2.30. The Morgan fingerprint density at radius 2 is 1.26 bits per heavy atom. The second-order valence-corrected chi connectivity index (χ2v) is 9.78. The van der Waals surface area contributed by atoms with Gasteiger partial charge in [0.25, 0.3) is 0 Å². The summed E-state index contributed by atoms with van der Waals surface area (Å²) >= 11 is 1.48. The van der Waals surface area contributed by atoms with Crippen LogP contribution < -0.4 is 33.2 Å². The molecule has 0 aliphatic carbocycles. The number of carbonyl (C=O) groups is 6. The Morgan fingerprint density at radius 3 is 1.69 bits per heavy atom. The summed E-state index contributed by atoms with van der Waals surface area (Å²) in [6.45, 7) is 0. The number of benzene rings is 1. The van der Waals surface area contributed by atoms with Crippen molar-refractivity contribution in [2.45, 2.75) is 62.7 Å². The third kappa shape index (κ3) is 13.0. The van der Waals surface area contributed by atoms with Crippen LogP contribution >= 0.6 is 11.8 Å². The molecule has 14 nitrogen and oxygen atoms in total. The van der Waals surface area contributed by atoms with Crippen LogP contribution in [0.5, 0.6) is 5.75 Å². The van der Waals surface area contributed by atoms with Crippen LogP contribution in [0.4, 0.5) is 0 Å². The van der Waals surface area contributed by atoms with Crippen molar-refractivity contribution in [3.63, 3.8) is 0 Å². The van der Waals surface area contributed by atoms with Gasteiger partial charge in [0.15, 0.2) is 0 Å². The highest BCUT2D eigenvalue weighted by atomic mass is 32.2. The number of hydrogen-bond donors (Lipinski definition) is 8. The van der Waals surface area contributed by atoms with Gasteiger partial charge in [-0.25, -0.2) is 4.79 Å². The third-order valence-corrected chi connectivity index (χ3v) is 6.23. The summed E-state index contributed by atoms with van der Waals surface area (Å²) in [4.78, 5) is 73.1. The first-order chi connectivity index (χ1) is 18.3. The average molecular weight is 569 g/mol. The Kier molecular flexibility index (Phi) is 14.4. The topological polar surface area (TPSA) is 257 Å². The summed E-state index contributed by atoms with van der Waals surface area (Å²) in [7, 11) is 0. The predicted molar refractivity (Wildman–Crippen MR) is 143 cm³/mol. The van der Waals surface area contributed by atoms with Crippen LogP contribution in [0.15, 0.2) is 24.3 Å². The molecular weight excluding hydrogens is 532 g/mol. The number of aromatic hydroxyl groups is 1. The summed E-state index contributed by atoms with van der Waals surface area (Å²) in [6.07, 6.45) is 1.01. The van der Waals surface area contributed by atoms with Gasteiger partial charge in [-0.3, -0.25) is 24.0 Å². The van der Waals surface area contributed by atoms with Crippen molar-refractivity contribution < 1.29 is 39.0 Å². The van der Waals surface area contributed by atoms with Crippen LogP contribution in [-0.2, 0) is 35.2 Å². The van der Waals surface area contributed by atoms with Gasteiger partial charge in [-0.2, -0.15) is 11.8 Å². The maximum Gasteiger partial charge on any atom is 0.326 e. The Morgan fingerprint density at radius 1 is 0.795 bits per heavy atom. The lowest BCUT2D eigenvalue weighted by Crippen LogP contribution is -2.57. The van der Waals surface area contributed by atoms with Gasteiger partial charge in [-0.15, -0.1) is 0 Å². The molecule has 4 unspecified atom stereocenters. The van der Waals surface area contributed by atoms with Gasteiger partial charge < -0.3 is 43.4 Å². The SMILES string of the molecule is CSCCC(N)C(=O)NC(CCC(N)=O)C(=O)NC(CCC(N)=O)C(=O)NC(Cc1ccc(O)cc1)C(=O)O. The number of amides is 5. The smallest absolute Gasteiger partial charge is 0.326 e. The van der Waals surface area contributed by atoms with E-state index in [1.807, 2.05) is 6.26 Å². The number of rotatable bonds is 18. The number of carboxylic acids is 1. The van der Waals surface area contributed by atoms with E-state index in [4.69, 9.17) is 17.2 Å². The van der Waals surface area contributed by atoms with Crippen LogP contribution in [0.3, 0.4) is 0 Å². The summed E-state index contributed by atoms with van der Waals surface area (Å²) in [5.41, 5.74) is 16.7. The molecule has 1 aromatic carbocycles. The molecule has 216 valence electrons. The van der Waals surface area contributed by atoms with Gasteiger partial charge in [0.2, 0.25) is 29.5 Å². The molecule has 0 aliphatic heterocycles. The zero-order chi connectivity index (χ0) is 29.5. The standard InChI is InChI=1S/C24H36N6O8S/c1-39-11-10-15(25)21(34)28-16(6-8-19(26)32)22(35)29-17(7-9-20(27)33)23(36)30-18(24(37)38)12-13-2-4-14(31)5-3-13/h2-5,15-18,31H,6-12,25H2,1H3,(H2,26,32)(H2,27,33)(H,28,34)(H,29,35)(H,30,36)(H,37,38). The average Bonchev–Trinajstić information content (AvgIpc) is 2.87. The Bertz CT molecular complexity index is 1020. The van der Waals surface area contributed by atoms with Crippen molar-refractivity contribution in [1.82, 2.24) is 16.0 Å². The molecule has 0 spiro atoms. The molecule has 0 aromatic heterocycles. The predicted octanol–water partition coefficient (Wildman–Crippen LogP) is -1.91. The molecule has 0 radical (unpaired) electrons. The van der Waals surface area contributed by atoms with Crippen LogP contribution in [0.2, 0.25) is 0 Å². The van der Waals surface area contributed by atoms with E-state index in [-0.39, 0.29) is 37.9 Å². The lowest BCUT2D eigenvalue weighted by Gasteiger charge is -2.25. The minimum atomic E-state index is -1.41. The molecule has 15 heteroatoms. The van der Waals surface area contributed by atoms with E-state index in [2.05, 4.69) is 16.0 Å². The van der Waals surface area contributed by atoms with Crippen LogP contribution in [0, 0.1) is 0 Å². The minimum Gasteiger partial charge on any atom is -0.508 e. The summed E-state index contributed by atoms with van der Waals surface area (Å²) in [6, 6.07) is 0.672. The van der Waals surface area contributed by atoms with Crippen LogP contribution in [-0.4, -0.2) is 81.9 Å². The lowest BCUT2D eigenvalue weighted by atomic mass is 10.0. The largest absolute Gasteiger partial charge is 0.508 e. The Balaban J connectivity index is 3.06. The van der Waals surface area contributed by atoms with E-state index in [9.17, 15) is 39.0 Å². The van der Waals surface area contributed by atoms with Crippen LogP contribution in [0.25, 0.3) is 0 Å². The monoisotopic (exact) mass is 568 g/mol. The Hall–Kier alpha value is -3.85. The number of aliphatic carboxylic acids is 1. The van der Waals surface area contributed by atoms with Crippen molar-refractivity contribution in [3.8, 4) is 5.75 Å². The molecule has 11 N–H and O–H groups in total. The van der Waals surface area contributed by atoms with E-state index < -0.39 is 59.7 Å². The first kappa shape index (κ1) is 33.2. The highest BCUT2D eigenvalue weighted by molar-refractivity contribution is 7.98. The zero-order valence-electron chi connectivity index (χ0n) is 21.6. The molecule has 0 heterocycles. The van der Waals surface area contributed by atoms with Gasteiger partial charge in [-0.05, 0) is 49.0 Å². The molecule has 1 rings (SSSR count). The van der Waals surface area contributed by atoms with Crippen molar-refractivity contribution in [2.75, 3.05) is 12.0 Å². The number of phenols is 1. The number of nitrogens with one attached hydrogen (secondary N) is 3. The summed E-state index contributed by atoms with van der Waals surface area (Å²) in [5.74, 6) is -4.70. The van der Waals surface area contributed by atoms with E-state index in [1.54, 1.807) is 0 Å². The molecule has 1 aromatic rings. The molecule has 0 aliphatic rings. The van der Waals surface area contributed by atoms with E-state index in [1.165, 1.54) is 36.0 Å². The van der Waals surface area contributed by atoms with Gasteiger partial charge in [-0.1, -0.05) is 12.1 Å². The molecule has 0 fully saturated rings. The van der Waals surface area contributed by atoms with E-state index in [0.29, 0.717) is 17.7 Å². The van der Waals surface area contributed by atoms with Gasteiger partial charge in [0, 0.05) is 19.3 Å². The van der Waals surface area contributed by atoms with Crippen molar-refractivity contribution >= 4 is 47.3 Å². The number of primary amides is 2. The maximum absolute atomic E-state index is 13.1. The lowest BCUT2D eigenvalue weighted by molar-refractivity contribution is -0.142. The highest BCUT2D eigenvalue weighted by Crippen LogP contribution is 2.12. The van der Waals surface area contributed by atoms with Crippen molar-refractivity contribution in [2.24, 2.45) is 17.2 Å².